The number of rotatable bonds is 21. The number of carbonyl (C=O) groups excluding carboxylic acids is 9. The number of ketones is 4. The van der Waals surface area contributed by atoms with Crippen molar-refractivity contribution >= 4 is 98.3 Å². The van der Waals surface area contributed by atoms with Crippen LogP contribution >= 0.6 is 47.9 Å². The van der Waals surface area contributed by atoms with Crippen molar-refractivity contribution < 1.29 is 52.6 Å². The van der Waals surface area contributed by atoms with Crippen LogP contribution in [-0.4, -0.2) is 80.5 Å². The zero-order valence-electron chi connectivity index (χ0n) is 27.9. The van der Waals surface area contributed by atoms with E-state index < -0.39 is 45.8 Å². The summed E-state index contributed by atoms with van der Waals surface area (Å²) >= 11 is 6.50. The Bertz CT molecular complexity index is 1390. The molecule has 0 heterocycles. The molecule has 11 nitrogen and oxygen atoms in total. The van der Waals surface area contributed by atoms with Crippen molar-refractivity contribution in [2.75, 3.05) is 30.1 Å². The maximum absolute atomic E-state index is 13.4. The van der Waals surface area contributed by atoms with Gasteiger partial charge in [0.2, 0.25) is 5.12 Å². The van der Waals surface area contributed by atoms with Gasteiger partial charge in [0.1, 0.15) is 28.9 Å². The van der Waals surface area contributed by atoms with Crippen LogP contribution in [-0.2, 0) is 43.1 Å². The summed E-state index contributed by atoms with van der Waals surface area (Å²) in [5.41, 5.74) is 0.689. The van der Waals surface area contributed by atoms with Gasteiger partial charge in [-0.15, -0.1) is 0 Å². The zero-order valence-corrected chi connectivity index (χ0v) is 31.2. The molecule has 0 N–H and O–H groups in total. The number of hydrogen-bond acceptors (Lipinski definition) is 15. The first-order valence-electron chi connectivity index (χ1n) is 15.0. The third-order valence-corrected chi connectivity index (χ3v) is 10.6. The number of methoxy groups -OCH3 is 1. The maximum atomic E-state index is 13.4. The smallest absolute Gasteiger partial charge is 0.315 e. The Morgan fingerprint density at radius 3 is 1.56 bits per heavy atom. The Balaban J connectivity index is 3.10. The number of Topliss-reactive ketones (excluding diaryl/α,β-unsaturated/α-hetero) is 4. The maximum Gasteiger partial charge on any atom is 0.315 e. The van der Waals surface area contributed by atoms with Gasteiger partial charge in [-0.2, -0.15) is 12.6 Å². The van der Waals surface area contributed by atoms with Gasteiger partial charge < -0.3 is 28.7 Å². The molecule has 264 valence electrons. The van der Waals surface area contributed by atoms with Gasteiger partial charge in [0, 0.05) is 60.5 Å². The fourth-order valence-corrected chi connectivity index (χ4v) is 7.85. The van der Waals surface area contributed by atoms with Gasteiger partial charge in [-0.1, -0.05) is 41.4 Å². The Morgan fingerprint density at radius 2 is 1.08 bits per heavy atom. The van der Waals surface area contributed by atoms with Crippen LogP contribution in [0.2, 0.25) is 0 Å². The third-order valence-electron chi connectivity index (χ3n) is 6.73. The highest BCUT2D eigenvalue weighted by Crippen LogP contribution is 2.30. The van der Waals surface area contributed by atoms with Gasteiger partial charge in [0.15, 0.2) is 10.2 Å². The first-order valence-corrected chi connectivity index (χ1v) is 18.6. The first-order chi connectivity index (χ1) is 22.5. The van der Waals surface area contributed by atoms with E-state index in [0.29, 0.717) is 5.56 Å². The largest absolute Gasteiger partial charge is 0.469 e. The van der Waals surface area contributed by atoms with Gasteiger partial charge in [-0.05, 0) is 52.3 Å². The van der Waals surface area contributed by atoms with Crippen LogP contribution < -0.4 is 4.74 Å². The van der Waals surface area contributed by atoms with E-state index in [2.05, 4.69) is 12.6 Å². The summed E-state index contributed by atoms with van der Waals surface area (Å²) in [5, 5.41) is -1.31. The molecule has 0 saturated carbocycles. The SMILES string of the molecule is COC(=O)C(CSC(=O)C(CSC(=O)c1ccc(C)cc1OC(=O)C(CSC(=O)C(CS)CC(C)=O)CC(C)=O)CC(C)=O)CC(C)=O. The Morgan fingerprint density at radius 1 is 0.646 bits per heavy atom. The Labute approximate surface area is 298 Å². The zero-order chi connectivity index (χ0) is 36.6. The molecule has 0 radical (unpaired) electrons. The van der Waals surface area contributed by atoms with Crippen molar-refractivity contribution in [1.82, 2.24) is 0 Å². The summed E-state index contributed by atoms with van der Waals surface area (Å²) in [6, 6.07) is 4.58. The Kier molecular flexibility index (Phi) is 19.9. The molecule has 4 atom stereocenters. The molecule has 0 spiro atoms. The highest BCUT2D eigenvalue weighted by atomic mass is 32.2. The van der Waals surface area contributed by atoms with Gasteiger partial charge in [0.25, 0.3) is 0 Å². The molecule has 0 aromatic heterocycles. The van der Waals surface area contributed by atoms with E-state index >= 15 is 0 Å². The van der Waals surface area contributed by atoms with E-state index in [9.17, 15) is 43.2 Å². The molecule has 1 aromatic carbocycles. The predicted octanol–water partition coefficient (Wildman–Crippen LogP) is 4.78. The number of aryl methyl sites for hydroxylation is 1. The van der Waals surface area contributed by atoms with Crippen LogP contribution in [0.1, 0.15) is 69.3 Å². The summed E-state index contributed by atoms with van der Waals surface area (Å²) in [4.78, 5) is 111. The lowest BCUT2D eigenvalue weighted by Gasteiger charge is -2.18. The number of thiol groups is 1. The average molecular weight is 743 g/mol. The minimum Gasteiger partial charge on any atom is -0.469 e. The van der Waals surface area contributed by atoms with Crippen LogP contribution in [0, 0.1) is 30.6 Å². The molecule has 0 aliphatic rings. The minimum atomic E-state index is -1.02. The number of ether oxygens (including phenoxy) is 2. The van der Waals surface area contributed by atoms with Crippen LogP contribution in [0.15, 0.2) is 18.2 Å². The van der Waals surface area contributed by atoms with Crippen molar-refractivity contribution in [3.8, 4) is 5.75 Å². The standard InChI is InChI=1S/C33H42O11S4/c1-18-7-8-27(28(9-18)44-30(39)25(12-21(4)36)16-46-31(40)23(14-45)10-19(2)34)33(42)48-17-26(13-22(5)37)32(41)47-15-24(11-20(3)35)29(38)43-6/h7-9,23-26,45H,10-17H2,1-6H3. The van der Waals surface area contributed by atoms with Crippen molar-refractivity contribution in [3.63, 3.8) is 0 Å². The number of carbonyl (C=O) groups is 9. The van der Waals surface area contributed by atoms with E-state index in [1.807, 2.05) is 0 Å². The molecule has 0 fully saturated rings. The van der Waals surface area contributed by atoms with Crippen LogP contribution in [0.25, 0.3) is 0 Å². The number of hydrogen-bond donors (Lipinski definition) is 1. The highest BCUT2D eigenvalue weighted by Gasteiger charge is 2.30. The molecule has 1 aromatic rings. The topological polar surface area (TPSA) is 172 Å². The molecular weight excluding hydrogens is 701 g/mol. The summed E-state index contributed by atoms with van der Waals surface area (Å²) in [7, 11) is 1.18. The molecule has 4 unspecified atom stereocenters. The van der Waals surface area contributed by atoms with E-state index in [4.69, 9.17) is 9.47 Å². The summed E-state index contributed by atoms with van der Waals surface area (Å²) in [5.74, 6) is -5.99. The lowest BCUT2D eigenvalue weighted by atomic mass is 10.1. The van der Waals surface area contributed by atoms with E-state index in [1.165, 1.54) is 46.9 Å². The second-order valence-corrected chi connectivity index (χ2v) is 14.8. The van der Waals surface area contributed by atoms with Gasteiger partial charge in [-0.25, -0.2) is 0 Å². The minimum absolute atomic E-state index is 0.00895. The lowest BCUT2D eigenvalue weighted by molar-refractivity contribution is -0.146. The average Bonchev–Trinajstić information content (AvgIpc) is 3.00. The monoisotopic (exact) mass is 742 g/mol. The molecule has 48 heavy (non-hydrogen) atoms. The summed E-state index contributed by atoms with van der Waals surface area (Å²) < 4.78 is 10.4. The van der Waals surface area contributed by atoms with Crippen molar-refractivity contribution in [3.05, 3.63) is 29.3 Å². The Hall–Kier alpha value is -2.75. The molecule has 1 rings (SSSR count). The molecule has 0 amide bonds. The first kappa shape index (κ1) is 43.3. The fourth-order valence-electron chi connectivity index (χ4n) is 4.34. The van der Waals surface area contributed by atoms with Crippen molar-refractivity contribution in [2.45, 2.75) is 60.3 Å². The fraction of sp³-hybridized carbons (Fsp3) is 0.545. The molecule has 0 aliphatic carbocycles. The molecular formula is C33H42O11S4. The van der Waals surface area contributed by atoms with Crippen molar-refractivity contribution in [1.29, 1.82) is 0 Å². The van der Waals surface area contributed by atoms with E-state index in [1.54, 1.807) is 13.0 Å². The van der Waals surface area contributed by atoms with Crippen LogP contribution in [0.3, 0.4) is 0 Å². The van der Waals surface area contributed by atoms with Crippen molar-refractivity contribution in [2.24, 2.45) is 23.7 Å². The van der Waals surface area contributed by atoms with E-state index in [0.717, 1.165) is 35.3 Å². The quantitative estimate of drug-likeness (QED) is 0.104. The summed E-state index contributed by atoms with van der Waals surface area (Å²) in [6.45, 7) is 7.02. The number of benzene rings is 1. The third kappa shape index (κ3) is 16.1. The molecule has 0 bridgehead atoms. The highest BCUT2D eigenvalue weighted by molar-refractivity contribution is 8.15. The second kappa shape index (κ2) is 22.1. The normalized spacial score (nSPS) is 13.4. The van der Waals surface area contributed by atoms with Gasteiger partial charge >= 0.3 is 11.9 Å². The van der Waals surface area contributed by atoms with Gasteiger partial charge in [-0.3, -0.25) is 24.0 Å². The van der Waals surface area contributed by atoms with Gasteiger partial charge in [0.05, 0.1) is 24.5 Å². The summed E-state index contributed by atoms with van der Waals surface area (Å²) in [6.07, 6.45) is -0.460. The molecule has 15 heteroatoms. The molecule has 0 saturated heterocycles. The van der Waals surface area contributed by atoms with E-state index in [-0.39, 0.29) is 88.3 Å². The molecule has 0 aliphatic heterocycles. The number of esters is 2. The number of thioether (sulfide) groups is 3. The predicted molar refractivity (Wildman–Crippen MR) is 190 cm³/mol. The second-order valence-electron chi connectivity index (χ2n) is 11.4. The van der Waals surface area contributed by atoms with Crippen LogP contribution in [0.5, 0.6) is 5.75 Å². The lowest BCUT2D eigenvalue weighted by Crippen LogP contribution is -2.27. The van der Waals surface area contributed by atoms with Crippen LogP contribution in [0.4, 0.5) is 0 Å².